The van der Waals surface area contributed by atoms with Crippen LogP contribution in [0.15, 0.2) is 18.3 Å². The van der Waals surface area contributed by atoms with E-state index in [1.54, 1.807) is 10.9 Å². The number of fused-ring (bicyclic) bond motifs is 2. The maximum atomic E-state index is 13.4. The van der Waals surface area contributed by atoms with Gasteiger partial charge < -0.3 is 11.1 Å². The van der Waals surface area contributed by atoms with Crippen LogP contribution in [-0.2, 0) is 6.54 Å². The standard InChI is InChI=1S/C14H15FN4O/c15-10-3-8-7-19(2-1-17-14-5-9(14)6-14)18-12(8)11(4-10)13(16)20/h3-4,7,9,17H,1-2,5-6H2,(H2,16,20). The topological polar surface area (TPSA) is 72.9 Å². The minimum Gasteiger partial charge on any atom is -0.366 e. The average Bonchev–Trinajstić information content (AvgIpc) is 3.16. The molecule has 2 aromatic rings. The molecular formula is C14H15FN4O. The van der Waals surface area contributed by atoms with E-state index in [2.05, 4.69) is 10.4 Å². The minimum atomic E-state index is -0.657. The Labute approximate surface area is 114 Å². The zero-order valence-electron chi connectivity index (χ0n) is 10.9. The second-order valence-electron chi connectivity index (χ2n) is 5.84. The molecule has 1 amide bonds. The van der Waals surface area contributed by atoms with Gasteiger partial charge in [-0.1, -0.05) is 0 Å². The van der Waals surface area contributed by atoms with Crippen LogP contribution in [0.5, 0.6) is 0 Å². The zero-order valence-corrected chi connectivity index (χ0v) is 10.9. The lowest BCUT2D eigenvalue weighted by Crippen LogP contribution is -2.27. The molecule has 2 saturated carbocycles. The van der Waals surface area contributed by atoms with Crippen molar-refractivity contribution in [3.8, 4) is 0 Å². The van der Waals surface area contributed by atoms with Crippen molar-refractivity contribution >= 4 is 16.8 Å². The first-order chi connectivity index (χ1) is 9.57. The van der Waals surface area contributed by atoms with Crippen molar-refractivity contribution in [3.63, 3.8) is 0 Å². The van der Waals surface area contributed by atoms with Crippen LogP contribution >= 0.6 is 0 Å². The molecule has 2 aliphatic carbocycles. The Hall–Kier alpha value is -1.95. The maximum absolute atomic E-state index is 13.4. The maximum Gasteiger partial charge on any atom is 0.251 e. The monoisotopic (exact) mass is 274 g/mol. The summed E-state index contributed by atoms with van der Waals surface area (Å²) in [4.78, 5) is 11.3. The smallest absolute Gasteiger partial charge is 0.251 e. The van der Waals surface area contributed by atoms with E-state index in [0.29, 0.717) is 23.0 Å². The predicted octanol–water partition coefficient (Wildman–Crippen LogP) is 1.03. The molecule has 0 unspecified atom stereocenters. The Morgan fingerprint density at radius 1 is 1.55 bits per heavy atom. The molecule has 3 N–H and O–H groups in total. The fraction of sp³-hybridized carbons (Fsp3) is 0.429. The first-order valence-electron chi connectivity index (χ1n) is 6.79. The van der Waals surface area contributed by atoms with Gasteiger partial charge in [0.1, 0.15) is 11.3 Å². The van der Waals surface area contributed by atoms with Crippen molar-refractivity contribution in [2.45, 2.75) is 24.9 Å². The number of amides is 1. The lowest BCUT2D eigenvalue weighted by atomic mass is 10.1. The quantitative estimate of drug-likeness (QED) is 0.855. The number of halogens is 1. The Kier molecular flexibility index (Phi) is 2.24. The third kappa shape index (κ3) is 1.79. The third-order valence-electron chi connectivity index (χ3n) is 4.39. The van der Waals surface area contributed by atoms with E-state index in [9.17, 15) is 9.18 Å². The van der Waals surface area contributed by atoms with Gasteiger partial charge in [0.15, 0.2) is 0 Å². The summed E-state index contributed by atoms with van der Waals surface area (Å²) in [7, 11) is 0. The van der Waals surface area contributed by atoms with Crippen LogP contribution in [0.25, 0.3) is 10.9 Å². The summed E-state index contributed by atoms with van der Waals surface area (Å²) in [5, 5.41) is 8.46. The predicted molar refractivity (Wildman–Crippen MR) is 71.7 cm³/mol. The van der Waals surface area contributed by atoms with Gasteiger partial charge in [0.2, 0.25) is 0 Å². The molecule has 2 fully saturated rings. The second kappa shape index (κ2) is 3.79. The molecule has 20 heavy (non-hydrogen) atoms. The molecule has 6 heteroatoms. The molecule has 0 bridgehead atoms. The van der Waals surface area contributed by atoms with Crippen molar-refractivity contribution in [2.75, 3.05) is 6.54 Å². The number of carbonyl (C=O) groups is 1. The van der Waals surface area contributed by atoms with Crippen LogP contribution in [0, 0.1) is 11.7 Å². The van der Waals surface area contributed by atoms with Gasteiger partial charge in [0, 0.05) is 23.7 Å². The number of nitrogens with two attached hydrogens (primary N) is 1. The highest BCUT2D eigenvalue weighted by Gasteiger charge is 2.69. The number of hydrogen-bond donors (Lipinski definition) is 2. The van der Waals surface area contributed by atoms with Gasteiger partial charge >= 0.3 is 0 Å². The first-order valence-corrected chi connectivity index (χ1v) is 6.79. The second-order valence-corrected chi connectivity index (χ2v) is 5.84. The van der Waals surface area contributed by atoms with E-state index in [0.717, 1.165) is 18.5 Å². The Morgan fingerprint density at radius 3 is 2.95 bits per heavy atom. The number of aromatic nitrogens is 2. The van der Waals surface area contributed by atoms with Crippen LogP contribution in [0.1, 0.15) is 23.2 Å². The van der Waals surface area contributed by atoms with Crippen LogP contribution in [0.2, 0.25) is 0 Å². The fourth-order valence-corrected chi connectivity index (χ4v) is 2.86. The lowest BCUT2D eigenvalue weighted by molar-refractivity contribution is 0.100. The SMILES string of the molecule is NC(=O)c1cc(F)cc2cn(CCNC34CC3C4)nc12. The van der Waals surface area contributed by atoms with Crippen LogP contribution in [-0.4, -0.2) is 27.8 Å². The highest BCUT2D eigenvalue weighted by atomic mass is 19.1. The summed E-state index contributed by atoms with van der Waals surface area (Å²) in [6, 6.07) is 2.51. The van der Waals surface area contributed by atoms with Gasteiger partial charge in [0.05, 0.1) is 12.1 Å². The van der Waals surface area contributed by atoms with Crippen molar-refractivity contribution in [2.24, 2.45) is 11.7 Å². The molecule has 104 valence electrons. The minimum absolute atomic E-state index is 0.134. The first kappa shape index (κ1) is 11.8. The van der Waals surface area contributed by atoms with E-state index >= 15 is 0 Å². The molecule has 0 aliphatic heterocycles. The molecule has 0 saturated heterocycles. The zero-order chi connectivity index (χ0) is 13.9. The van der Waals surface area contributed by atoms with Crippen LogP contribution in [0.4, 0.5) is 4.39 Å². The normalized spacial score (nSPS) is 26.6. The molecule has 1 aromatic carbocycles. The fourth-order valence-electron chi connectivity index (χ4n) is 2.86. The molecule has 4 rings (SSSR count). The molecule has 1 aromatic heterocycles. The average molecular weight is 274 g/mol. The summed E-state index contributed by atoms with van der Waals surface area (Å²) < 4.78 is 15.2. The van der Waals surface area contributed by atoms with E-state index in [1.807, 2.05) is 0 Å². The van der Waals surface area contributed by atoms with Crippen LogP contribution < -0.4 is 11.1 Å². The van der Waals surface area contributed by atoms with E-state index in [4.69, 9.17) is 5.73 Å². The number of benzene rings is 1. The van der Waals surface area contributed by atoms with E-state index < -0.39 is 11.7 Å². The van der Waals surface area contributed by atoms with Crippen molar-refractivity contribution < 1.29 is 9.18 Å². The van der Waals surface area contributed by atoms with Gasteiger partial charge in [-0.3, -0.25) is 9.48 Å². The molecule has 1 heterocycles. The third-order valence-corrected chi connectivity index (χ3v) is 4.39. The van der Waals surface area contributed by atoms with Gasteiger partial charge in [-0.15, -0.1) is 0 Å². The lowest BCUT2D eigenvalue weighted by Gasteiger charge is -2.06. The van der Waals surface area contributed by atoms with Crippen molar-refractivity contribution in [1.29, 1.82) is 0 Å². The number of primary amides is 1. The van der Waals surface area contributed by atoms with E-state index in [-0.39, 0.29) is 5.56 Å². The highest BCUT2D eigenvalue weighted by molar-refractivity contribution is 6.04. The largest absolute Gasteiger partial charge is 0.366 e. The van der Waals surface area contributed by atoms with E-state index in [1.165, 1.54) is 18.9 Å². The van der Waals surface area contributed by atoms with Crippen LogP contribution in [0.3, 0.4) is 0 Å². The molecule has 0 radical (unpaired) electrons. The number of nitrogens with one attached hydrogen (secondary N) is 1. The summed E-state index contributed by atoms with van der Waals surface area (Å²) in [6.45, 7) is 1.53. The summed E-state index contributed by atoms with van der Waals surface area (Å²) in [5.74, 6) is -0.230. The number of rotatable bonds is 5. The summed E-state index contributed by atoms with van der Waals surface area (Å²) in [6.07, 6.45) is 4.34. The number of carbonyl (C=O) groups excluding carboxylic acids is 1. The Morgan fingerprint density at radius 2 is 2.30 bits per heavy atom. The summed E-state index contributed by atoms with van der Waals surface area (Å²) >= 11 is 0. The van der Waals surface area contributed by atoms with Gasteiger partial charge in [0.25, 0.3) is 5.91 Å². The molecule has 2 aliphatic rings. The van der Waals surface area contributed by atoms with Gasteiger partial charge in [-0.05, 0) is 30.9 Å². The van der Waals surface area contributed by atoms with Gasteiger partial charge in [-0.2, -0.15) is 5.10 Å². The number of hydrogen-bond acceptors (Lipinski definition) is 3. The Bertz CT molecular complexity index is 717. The number of nitrogens with zero attached hydrogens (tertiary/aromatic N) is 2. The molecule has 0 atom stereocenters. The molecule has 5 nitrogen and oxygen atoms in total. The van der Waals surface area contributed by atoms with Gasteiger partial charge in [-0.25, -0.2) is 4.39 Å². The summed E-state index contributed by atoms with van der Waals surface area (Å²) in [5.41, 5.74) is 6.30. The van der Waals surface area contributed by atoms with Crippen molar-refractivity contribution in [3.05, 3.63) is 29.7 Å². The van der Waals surface area contributed by atoms with Crippen molar-refractivity contribution in [1.82, 2.24) is 15.1 Å². The molecular weight excluding hydrogens is 259 g/mol. The molecule has 0 spiro atoms. The highest BCUT2D eigenvalue weighted by Crippen LogP contribution is 2.66. The Balaban J connectivity index is 1.57.